The van der Waals surface area contributed by atoms with E-state index in [0.29, 0.717) is 45.7 Å². The first-order chi connectivity index (χ1) is 15.8. The lowest BCUT2D eigenvalue weighted by Crippen LogP contribution is -2.23. The maximum atomic E-state index is 13.5. The first kappa shape index (κ1) is 21.3. The Balaban J connectivity index is 1.63. The fraction of sp³-hybridized carbons (Fsp3) is 0.261. The van der Waals surface area contributed by atoms with E-state index in [1.54, 1.807) is 41.9 Å². The zero-order chi connectivity index (χ0) is 23.2. The molecule has 1 N–H and O–H groups in total. The summed E-state index contributed by atoms with van der Waals surface area (Å²) in [5, 5.41) is 7.98. The summed E-state index contributed by atoms with van der Waals surface area (Å²) in [6, 6.07) is 10.6. The first-order valence-corrected chi connectivity index (χ1v) is 12.3. The second-order valence-electron chi connectivity index (χ2n) is 8.11. The van der Waals surface area contributed by atoms with Crippen LogP contribution < -0.4 is 5.32 Å². The van der Waals surface area contributed by atoms with Crippen molar-refractivity contribution in [1.82, 2.24) is 20.1 Å². The maximum Gasteiger partial charge on any atom is 0.252 e. The summed E-state index contributed by atoms with van der Waals surface area (Å²) in [5.41, 5.74) is 2.46. The van der Waals surface area contributed by atoms with Crippen LogP contribution in [0.25, 0.3) is 22.3 Å². The number of aryl methyl sites for hydroxylation is 1. The summed E-state index contributed by atoms with van der Waals surface area (Å²) in [6.07, 6.45) is 1.96. The number of carbonyl (C=O) groups is 1. The number of pyridine rings is 1. The Labute approximate surface area is 189 Å². The Morgan fingerprint density at radius 3 is 2.73 bits per heavy atom. The Morgan fingerprint density at radius 1 is 1.27 bits per heavy atom. The van der Waals surface area contributed by atoms with Crippen LogP contribution in [-0.2, 0) is 16.4 Å². The van der Waals surface area contributed by atoms with E-state index in [1.807, 2.05) is 0 Å². The summed E-state index contributed by atoms with van der Waals surface area (Å²) >= 11 is 0. The van der Waals surface area contributed by atoms with Gasteiger partial charge in [-0.2, -0.15) is 5.10 Å². The largest absolute Gasteiger partial charge is 0.467 e. The highest BCUT2D eigenvalue weighted by Crippen LogP contribution is 2.32. The third kappa shape index (κ3) is 4.13. The summed E-state index contributed by atoms with van der Waals surface area (Å²) in [7, 11) is -3.15. The lowest BCUT2D eigenvalue weighted by molar-refractivity contribution is 0.0949. The molecule has 1 aliphatic heterocycles. The van der Waals surface area contributed by atoms with Gasteiger partial charge in [0.05, 0.1) is 52.7 Å². The van der Waals surface area contributed by atoms with Crippen molar-refractivity contribution in [2.24, 2.45) is 0 Å². The van der Waals surface area contributed by atoms with Crippen LogP contribution in [0.3, 0.4) is 0 Å². The minimum absolute atomic E-state index is 0.0221. The fourth-order valence-electron chi connectivity index (χ4n) is 4.16. The van der Waals surface area contributed by atoms with Crippen LogP contribution in [0.2, 0.25) is 0 Å². The molecule has 33 heavy (non-hydrogen) atoms. The van der Waals surface area contributed by atoms with Crippen molar-refractivity contribution in [3.63, 3.8) is 0 Å². The van der Waals surface area contributed by atoms with Crippen molar-refractivity contribution in [2.45, 2.75) is 25.9 Å². The quantitative estimate of drug-likeness (QED) is 0.481. The van der Waals surface area contributed by atoms with Crippen molar-refractivity contribution >= 4 is 26.8 Å². The summed E-state index contributed by atoms with van der Waals surface area (Å²) in [6.45, 7) is 1.97. The molecule has 1 atom stereocenters. The smallest absolute Gasteiger partial charge is 0.252 e. The van der Waals surface area contributed by atoms with Gasteiger partial charge in [0.25, 0.3) is 5.91 Å². The molecule has 170 valence electrons. The Kier molecular flexibility index (Phi) is 5.24. The molecule has 4 aromatic rings. The molecule has 1 unspecified atom stereocenters. The number of halogens is 1. The molecule has 0 radical (unpaired) electrons. The number of hydrogen-bond donors (Lipinski definition) is 1. The van der Waals surface area contributed by atoms with Crippen molar-refractivity contribution in [3.8, 4) is 11.3 Å². The van der Waals surface area contributed by atoms with Gasteiger partial charge in [-0.3, -0.25) is 4.79 Å². The van der Waals surface area contributed by atoms with Crippen LogP contribution in [0.5, 0.6) is 0 Å². The molecule has 0 saturated carbocycles. The number of nitrogens with one attached hydrogen (secondary N) is 1. The minimum Gasteiger partial charge on any atom is -0.467 e. The predicted molar refractivity (Wildman–Crippen MR) is 120 cm³/mol. The molecule has 1 saturated heterocycles. The van der Waals surface area contributed by atoms with E-state index in [2.05, 4.69) is 10.4 Å². The molecule has 1 aromatic carbocycles. The van der Waals surface area contributed by atoms with Crippen molar-refractivity contribution in [2.75, 3.05) is 11.5 Å². The normalized spacial score (nSPS) is 17.5. The number of rotatable bonds is 5. The van der Waals surface area contributed by atoms with Gasteiger partial charge in [-0.25, -0.2) is 22.5 Å². The van der Waals surface area contributed by atoms with Crippen molar-refractivity contribution in [1.29, 1.82) is 0 Å². The van der Waals surface area contributed by atoms with Gasteiger partial charge in [-0.05, 0) is 55.8 Å². The molecule has 5 rings (SSSR count). The van der Waals surface area contributed by atoms with Gasteiger partial charge in [0.15, 0.2) is 15.5 Å². The predicted octanol–water partition coefficient (Wildman–Crippen LogP) is 3.43. The molecule has 3 aromatic heterocycles. The second-order valence-corrected chi connectivity index (χ2v) is 10.3. The van der Waals surface area contributed by atoms with Crippen LogP contribution in [-0.4, -0.2) is 40.6 Å². The standard InChI is InChI=1S/C23H21FN4O4S/c1-14-21-19(23(29)25-12-18-3-2-9-32-18)11-20(15-4-6-16(24)7-5-15)26-22(21)28(27-14)17-8-10-33(30,31)13-17/h2-7,9,11,17H,8,10,12-13H2,1H3,(H,25,29). The number of hydrogen-bond acceptors (Lipinski definition) is 6. The average molecular weight is 469 g/mol. The molecular formula is C23H21FN4O4S. The molecular weight excluding hydrogens is 447 g/mol. The minimum atomic E-state index is -3.15. The number of carbonyl (C=O) groups excluding carboxylic acids is 1. The highest BCUT2D eigenvalue weighted by Gasteiger charge is 2.32. The van der Waals surface area contributed by atoms with E-state index in [9.17, 15) is 17.6 Å². The van der Waals surface area contributed by atoms with E-state index in [-0.39, 0.29) is 35.8 Å². The zero-order valence-electron chi connectivity index (χ0n) is 17.8. The lowest BCUT2D eigenvalue weighted by Gasteiger charge is -2.12. The number of amides is 1. The molecule has 10 heteroatoms. The molecule has 4 heterocycles. The number of aromatic nitrogens is 3. The molecule has 0 aliphatic carbocycles. The summed E-state index contributed by atoms with van der Waals surface area (Å²) in [4.78, 5) is 17.9. The van der Waals surface area contributed by atoms with Gasteiger partial charge in [-0.15, -0.1) is 0 Å². The highest BCUT2D eigenvalue weighted by molar-refractivity contribution is 7.91. The van der Waals surface area contributed by atoms with Crippen LogP contribution in [0.4, 0.5) is 4.39 Å². The van der Waals surface area contributed by atoms with E-state index in [0.717, 1.165) is 0 Å². The van der Waals surface area contributed by atoms with Gasteiger partial charge >= 0.3 is 0 Å². The lowest BCUT2D eigenvalue weighted by atomic mass is 10.0. The van der Waals surface area contributed by atoms with E-state index < -0.39 is 9.84 Å². The first-order valence-electron chi connectivity index (χ1n) is 10.5. The number of sulfone groups is 1. The topological polar surface area (TPSA) is 107 Å². The van der Waals surface area contributed by atoms with Crippen molar-refractivity contribution < 1.29 is 22.0 Å². The monoisotopic (exact) mass is 468 g/mol. The van der Waals surface area contributed by atoms with Gasteiger partial charge in [0.1, 0.15) is 11.6 Å². The molecule has 0 bridgehead atoms. The van der Waals surface area contributed by atoms with Crippen LogP contribution in [0.15, 0.2) is 53.1 Å². The van der Waals surface area contributed by atoms with Gasteiger partial charge in [0, 0.05) is 5.56 Å². The molecule has 0 spiro atoms. The van der Waals surface area contributed by atoms with Gasteiger partial charge in [-0.1, -0.05) is 0 Å². The number of nitrogens with zero attached hydrogens (tertiary/aromatic N) is 3. The molecule has 1 aliphatic rings. The average Bonchev–Trinajstić information content (AvgIpc) is 3.51. The number of fused-ring (bicyclic) bond motifs is 1. The van der Waals surface area contributed by atoms with E-state index >= 15 is 0 Å². The van der Waals surface area contributed by atoms with E-state index in [4.69, 9.17) is 9.40 Å². The number of benzene rings is 1. The van der Waals surface area contributed by atoms with Gasteiger partial charge in [0.2, 0.25) is 0 Å². The van der Waals surface area contributed by atoms with Crippen LogP contribution in [0.1, 0.15) is 34.3 Å². The zero-order valence-corrected chi connectivity index (χ0v) is 18.6. The van der Waals surface area contributed by atoms with E-state index in [1.165, 1.54) is 18.4 Å². The summed E-state index contributed by atoms with van der Waals surface area (Å²) in [5.74, 6) is -0.0501. The Bertz CT molecular complexity index is 1440. The summed E-state index contributed by atoms with van der Waals surface area (Å²) < 4.78 is 44.5. The van der Waals surface area contributed by atoms with Crippen molar-refractivity contribution in [3.05, 3.63) is 71.6 Å². The third-order valence-corrected chi connectivity index (χ3v) is 7.53. The molecule has 1 amide bonds. The van der Waals surface area contributed by atoms with Crippen LogP contribution >= 0.6 is 0 Å². The second kappa shape index (κ2) is 8.11. The fourth-order valence-corrected chi connectivity index (χ4v) is 5.85. The molecule has 1 fully saturated rings. The molecule has 8 nitrogen and oxygen atoms in total. The SMILES string of the molecule is Cc1nn(C2CCS(=O)(=O)C2)c2nc(-c3ccc(F)cc3)cc(C(=O)NCc3ccco3)c12. The number of furan rings is 1. The third-order valence-electron chi connectivity index (χ3n) is 5.78. The van der Waals surface area contributed by atoms with Crippen LogP contribution in [0, 0.1) is 12.7 Å². The Hall–Kier alpha value is -3.53. The highest BCUT2D eigenvalue weighted by atomic mass is 32.2. The maximum absolute atomic E-state index is 13.5. The Morgan fingerprint density at radius 2 is 2.06 bits per heavy atom. The van der Waals surface area contributed by atoms with Gasteiger partial charge < -0.3 is 9.73 Å².